The number of amides is 2. The van der Waals surface area contributed by atoms with Gasteiger partial charge in [-0.2, -0.15) is 0 Å². The van der Waals surface area contributed by atoms with Crippen LogP contribution in [0.3, 0.4) is 0 Å². The molecule has 2 amide bonds. The van der Waals surface area contributed by atoms with Crippen molar-refractivity contribution < 1.29 is 9.53 Å². The second-order valence-corrected chi connectivity index (χ2v) is 7.78. The number of hydrogen-bond acceptors (Lipinski definition) is 3. The van der Waals surface area contributed by atoms with Gasteiger partial charge in [0.2, 0.25) is 0 Å². The summed E-state index contributed by atoms with van der Waals surface area (Å²) < 4.78 is 6.04. The van der Waals surface area contributed by atoms with Crippen molar-refractivity contribution in [3.05, 3.63) is 0 Å². The van der Waals surface area contributed by atoms with E-state index in [0.717, 1.165) is 32.4 Å². The Hall–Kier alpha value is -0.810. The van der Waals surface area contributed by atoms with E-state index in [2.05, 4.69) is 22.5 Å². The van der Waals surface area contributed by atoms with Crippen LogP contribution in [0.4, 0.5) is 4.79 Å². The van der Waals surface area contributed by atoms with Gasteiger partial charge in [-0.25, -0.2) is 4.79 Å². The zero-order valence-corrected chi connectivity index (χ0v) is 14.6. The van der Waals surface area contributed by atoms with Gasteiger partial charge in [0.1, 0.15) is 0 Å². The van der Waals surface area contributed by atoms with Gasteiger partial charge in [-0.3, -0.25) is 0 Å². The third kappa shape index (κ3) is 4.83. The van der Waals surface area contributed by atoms with Gasteiger partial charge in [0.15, 0.2) is 0 Å². The summed E-state index contributed by atoms with van der Waals surface area (Å²) in [6.07, 6.45) is 10.5. The van der Waals surface area contributed by atoms with E-state index in [9.17, 15) is 4.79 Å². The molecule has 0 bridgehead atoms. The Balaban J connectivity index is 1.36. The van der Waals surface area contributed by atoms with E-state index in [1.54, 1.807) is 0 Å². The van der Waals surface area contributed by atoms with Gasteiger partial charge in [-0.05, 0) is 65.0 Å². The van der Waals surface area contributed by atoms with Crippen molar-refractivity contribution in [2.24, 2.45) is 0 Å². The van der Waals surface area contributed by atoms with E-state index in [4.69, 9.17) is 4.74 Å². The average molecular weight is 323 g/mol. The van der Waals surface area contributed by atoms with Gasteiger partial charge in [-0.1, -0.05) is 12.8 Å². The minimum Gasteiger partial charge on any atom is -0.375 e. The molecule has 23 heavy (non-hydrogen) atoms. The summed E-state index contributed by atoms with van der Waals surface area (Å²) in [5.41, 5.74) is 0.0670. The molecule has 0 radical (unpaired) electrons. The normalized spacial score (nSPS) is 28.8. The summed E-state index contributed by atoms with van der Waals surface area (Å²) in [6.45, 7) is 6.45. The fourth-order valence-electron chi connectivity index (χ4n) is 4.42. The summed E-state index contributed by atoms with van der Waals surface area (Å²) in [4.78, 5) is 14.7. The lowest BCUT2D eigenvalue weighted by Gasteiger charge is -2.38. The molecular weight excluding hydrogens is 290 g/mol. The topological polar surface area (TPSA) is 53.6 Å². The lowest BCUT2D eigenvalue weighted by Crippen LogP contribution is -2.51. The summed E-state index contributed by atoms with van der Waals surface area (Å²) in [6, 6.07) is 0.502. The zero-order valence-electron chi connectivity index (χ0n) is 14.6. The maximum atomic E-state index is 12.2. The molecule has 1 spiro atoms. The van der Waals surface area contributed by atoms with E-state index in [1.165, 1.54) is 51.6 Å². The van der Waals surface area contributed by atoms with Gasteiger partial charge in [0.05, 0.1) is 5.60 Å². The molecule has 2 atom stereocenters. The van der Waals surface area contributed by atoms with Crippen LogP contribution >= 0.6 is 0 Å². The first-order valence-corrected chi connectivity index (χ1v) is 9.59. The third-order valence-electron chi connectivity index (χ3n) is 5.80. The predicted octanol–water partition coefficient (Wildman–Crippen LogP) is 2.65. The molecule has 0 unspecified atom stereocenters. The van der Waals surface area contributed by atoms with Crippen LogP contribution in [0.5, 0.6) is 0 Å². The summed E-state index contributed by atoms with van der Waals surface area (Å²) in [5, 5.41) is 6.30. The zero-order chi connectivity index (χ0) is 16.1. The molecule has 5 nitrogen and oxygen atoms in total. The Labute approximate surface area is 140 Å². The molecule has 132 valence electrons. The number of ether oxygens (including phenoxy) is 1. The maximum absolute atomic E-state index is 12.2. The number of carbonyl (C=O) groups is 1. The van der Waals surface area contributed by atoms with Gasteiger partial charge < -0.3 is 20.3 Å². The van der Waals surface area contributed by atoms with Crippen LogP contribution in [-0.4, -0.2) is 54.9 Å². The second-order valence-electron chi connectivity index (χ2n) is 7.78. The molecule has 2 N–H and O–H groups in total. The SMILES string of the molecule is C[C@@H](CCN1CCCC1)NC(=O)N[C@@H]1CCOC2(CCCC2)C1. The second kappa shape index (κ2) is 7.84. The van der Waals surface area contributed by atoms with Gasteiger partial charge >= 0.3 is 6.03 Å². The first-order chi connectivity index (χ1) is 11.2. The van der Waals surface area contributed by atoms with Crippen LogP contribution in [0.2, 0.25) is 0 Å². The van der Waals surface area contributed by atoms with Gasteiger partial charge in [0.25, 0.3) is 0 Å². The number of carbonyl (C=O) groups excluding carboxylic acids is 1. The largest absolute Gasteiger partial charge is 0.375 e. The smallest absolute Gasteiger partial charge is 0.315 e. The monoisotopic (exact) mass is 323 g/mol. The molecule has 1 saturated carbocycles. The highest BCUT2D eigenvalue weighted by molar-refractivity contribution is 5.74. The number of nitrogens with one attached hydrogen (secondary N) is 2. The molecule has 2 heterocycles. The predicted molar refractivity (Wildman–Crippen MR) is 91.6 cm³/mol. The van der Waals surface area contributed by atoms with E-state index in [-0.39, 0.29) is 23.7 Å². The van der Waals surface area contributed by atoms with Crippen molar-refractivity contribution in [2.45, 2.75) is 82.4 Å². The van der Waals surface area contributed by atoms with Crippen LogP contribution in [0.25, 0.3) is 0 Å². The van der Waals surface area contributed by atoms with Crippen LogP contribution < -0.4 is 10.6 Å². The Morgan fingerprint density at radius 3 is 2.74 bits per heavy atom. The molecule has 0 aromatic heterocycles. The highest BCUT2D eigenvalue weighted by Gasteiger charge is 2.40. The van der Waals surface area contributed by atoms with Crippen molar-refractivity contribution in [1.82, 2.24) is 15.5 Å². The molecule has 1 aliphatic carbocycles. The molecule has 0 aromatic carbocycles. The van der Waals surface area contributed by atoms with Crippen molar-refractivity contribution >= 4 is 6.03 Å². The Morgan fingerprint density at radius 2 is 2.00 bits per heavy atom. The summed E-state index contributed by atoms with van der Waals surface area (Å²) in [7, 11) is 0. The summed E-state index contributed by atoms with van der Waals surface area (Å²) >= 11 is 0. The Bertz CT molecular complexity index is 390. The molecule has 3 rings (SSSR count). The van der Waals surface area contributed by atoms with Gasteiger partial charge in [-0.15, -0.1) is 0 Å². The van der Waals surface area contributed by atoms with Gasteiger partial charge in [0, 0.05) is 25.2 Å². The average Bonchev–Trinajstić information content (AvgIpc) is 3.17. The number of likely N-dealkylation sites (tertiary alicyclic amines) is 1. The van der Waals surface area contributed by atoms with Crippen LogP contribution in [0.1, 0.15) is 64.7 Å². The fraction of sp³-hybridized carbons (Fsp3) is 0.944. The molecule has 5 heteroatoms. The first kappa shape index (κ1) is 17.0. The Kier molecular flexibility index (Phi) is 5.81. The number of nitrogens with zero attached hydrogens (tertiary/aromatic N) is 1. The number of urea groups is 1. The van der Waals surface area contributed by atoms with Crippen molar-refractivity contribution in [3.63, 3.8) is 0 Å². The first-order valence-electron chi connectivity index (χ1n) is 9.59. The minimum atomic E-state index is -0.000955. The molecule has 2 aliphatic heterocycles. The molecule has 3 fully saturated rings. The quantitative estimate of drug-likeness (QED) is 0.818. The van der Waals surface area contributed by atoms with Crippen LogP contribution in [0.15, 0.2) is 0 Å². The van der Waals surface area contributed by atoms with E-state index < -0.39 is 0 Å². The molecule has 0 aromatic rings. The van der Waals surface area contributed by atoms with Crippen LogP contribution in [0, 0.1) is 0 Å². The number of hydrogen-bond donors (Lipinski definition) is 2. The van der Waals surface area contributed by atoms with Crippen molar-refractivity contribution in [3.8, 4) is 0 Å². The summed E-state index contributed by atoms with van der Waals surface area (Å²) in [5.74, 6) is 0. The Morgan fingerprint density at radius 1 is 1.26 bits per heavy atom. The molecule has 3 aliphatic rings. The third-order valence-corrected chi connectivity index (χ3v) is 5.80. The van der Waals surface area contributed by atoms with E-state index in [0.29, 0.717) is 0 Å². The molecule has 2 saturated heterocycles. The fourth-order valence-corrected chi connectivity index (χ4v) is 4.42. The van der Waals surface area contributed by atoms with E-state index >= 15 is 0 Å². The minimum absolute atomic E-state index is 0.000955. The van der Waals surface area contributed by atoms with Crippen molar-refractivity contribution in [1.29, 1.82) is 0 Å². The van der Waals surface area contributed by atoms with Crippen molar-refractivity contribution in [2.75, 3.05) is 26.2 Å². The maximum Gasteiger partial charge on any atom is 0.315 e. The lowest BCUT2D eigenvalue weighted by atomic mass is 9.89. The standard InChI is InChI=1S/C18H33N3O2/c1-15(6-12-21-10-4-5-11-21)19-17(22)20-16-7-13-23-18(14-16)8-2-3-9-18/h15-16H,2-14H2,1H3,(H2,19,20,22)/t15-,16+/m0/s1. The highest BCUT2D eigenvalue weighted by atomic mass is 16.5. The molecular formula is C18H33N3O2. The highest BCUT2D eigenvalue weighted by Crippen LogP contribution is 2.39. The van der Waals surface area contributed by atoms with E-state index in [1.807, 2.05) is 0 Å². The number of rotatable bonds is 5. The van der Waals surface area contributed by atoms with Crippen LogP contribution in [-0.2, 0) is 4.74 Å². The lowest BCUT2D eigenvalue weighted by molar-refractivity contribution is -0.0820.